The number of unbranched alkanes of at least 4 members (excludes halogenated alkanes) is 1. The normalized spacial score (nSPS) is 12.5. The first-order valence-corrected chi connectivity index (χ1v) is 19.3. The second-order valence-electron chi connectivity index (χ2n) is 11.9. The predicted octanol–water partition coefficient (Wildman–Crippen LogP) is 7.47. The van der Waals surface area contributed by atoms with Gasteiger partial charge in [-0.05, 0) is 91.4 Å². The van der Waals surface area contributed by atoms with E-state index in [1.807, 2.05) is 41.0 Å². The lowest BCUT2D eigenvalue weighted by atomic mass is 10.0. The van der Waals surface area contributed by atoms with Gasteiger partial charge < -0.3 is 14.0 Å². The molecule has 0 saturated heterocycles. The van der Waals surface area contributed by atoms with Gasteiger partial charge in [0.2, 0.25) is 0 Å². The summed E-state index contributed by atoms with van der Waals surface area (Å²) in [6.45, 7) is 10.0. The maximum absolute atomic E-state index is 13.2. The average molecular weight is 691 g/mol. The molecule has 3 aromatic carbocycles. The van der Waals surface area contributed by atoms with Crippen molar-refractivity contribution >= 4 is 32.5 Å². The molecule has 1 atom stereocenters. The Morgan fingerprint density at radius 3 is 2.35 bits per heavy atom. The number of carbonyl (C=O) groups is 1. The molecule has 4 aromatic rings. The van der Waals surface area contributed by atoms with Crippen LogP contribution in [-0.2, 0) is 48.9 Å². The highest BCUT2D eigenvalue weighted by atomic mass is 32.2. The predicted molar refractivity (Wildman–Crippen MR) is 192 cm³/mol. The molecule has 0 aliphatic heterocycles. The Hall–Kier alpha value is -3.86. The molecule has 0 N–H and O–H groups in total. The highest BCUT2D eigenvalue weighted by Gasteiger charge is 2.22. The van der Waals surface area contributed by atoms with Crippen molar-refractivity contribution in [3.8, 4) is 16.9 Å². The fourth-order valence-electron chi connectivity index (χ4n) is 5.01. The van der Waals surface area contributed by atoms with E-state index in [0.717, 1.165) is 60.5 Å². The van der Waals surface area contributed by atoms with Gasteiger partial charge in [-0.3, -0.25) is 9.00 Å². The van der Waals surface area contributed by atoms with Gasteiger partial charge in [0.15, 0.2) is 15.6 Å². The molecule has 256 valence electrons. The van der Waals surface area contributed by atoms with Crippen molar-refractivity contribution in [1.29, 1.82) is 0 Å². The van der Waals surface area contributed by atoms with Crippen molar-refractivity contribution in [3.05, 3.63) is 102 Å². The van der Waals surface area contributed by atoms with Crippen LogP contribution < -0.4 is 4.74 Å². The van der Waals surface area contributed by atoms with Crippen molar-refractivity contribution in [3.63, 3.8) is 0 Å². The quantitative estimate of drug-likeness (QED) is 0.0743. The van der Waals surface area contributed by atoms with Crippen LogP contribution in [0.5, 0.6) is 5.75 Å². The Morgan fingerprint density at radius 1 is 0.938 bits per heavy atom. The Labute approximate surface area is 287 Å². The summed E-state index contributed by atoms with van der Waals surface area (Å²) in [6, 6.07) is 20.0. The topological polar surface area (TPSA) is 105 Å². The molecule has 0 amide bonds. The first-order valence-electron chi connectivity index (χ1n) is 16.5. The molecule has 0 bridgehead atoms. The lowest BCUT2D eigenvalue weighted by Crippen LogP contribution is -2.15. The fraction of sp³-hybridized carbons (Fsp3) is 0.368. The zero-order chi connectivity index (χ0) is 34.5. The summed E-state index contributed by atoms with van der Waals surface area (Å²) in [4.78, 5) is 18.1. The standard InChI is InChI=1S/C38H46N2O6S2/c1-5-7-21-45-22-23-46-36-15-11-31(12-16-36)32-13-19-38(48(43,44)29(3)4)33(25-32)10-14-35(41)24-30-8-17-37(18-9-30)47(42)27-34-26-39-28-40(34)20-6-2/h8-19,25-26,28-29H,5-7,20-24,27H2,1-4H3/b14-10+/t47-/m0/s1. The summed E-state index contributed by atoms with van der Waals surface area (Å²) < 4.78 is 52.8. The van der Waals surface area contributed by atoms with Gasteiger partial charge in [-0.25, -0.2) is 13.4 Å². The van der Waals surface area contributed by atoms with Crippen molar-refractivity contribution in [2.45, 2.75) is 80.7 Å². The SMILES string of the molecule is CCCCOCCOc1ccc(-c2ccc(S(=O)(=O)C(C)C)c(/C=C/C(=O)Cc3ccc([S@@](=O)Cc4cncn4CCC)cc3)c2)cc1. The lowest BCUT2D eigenvalue weighted by molar-refractivity contribution is -0.113. The van der Waals surface area contributed by atoms with E-state index in [-0.39, 0.29) is 17.1 Å². The van der Waals surface area contributed by atoms with E-state index < -0.39 is 25.9 Å². The molecule has 1 heterocycles. The van der Waals surface area contributed by atoms with E-state index in [0.29, 0.717) is 29.4 Å². The first kappa shape index (κ1) is 37.0. The summed E-state index contributed by atoms with van der Waals surface area (Å²) in [7, 11) is -4.85. The number of hydrogen-bond donors (Lipinski definition) is 0. The third kappa shape index (κ3) is 10.3. The van der Waals surface area contributed by atoms with E-state index in [1.165, 1.54) is 6.08 Å². The molecular formula is C38H46N2O6S2. The molecule has 0 spiro atoms. The number of rotatable bonds is 19. The van der Waals surface area contributed by atoms with Crippen LogP contribution in [0.4, 0.5) is 0 Å². The fourth-order valence-corrected chi connectivity index (χ4v) is 7.35. The average Bonchev–Trinajstić information content (AvgIpc) is 3.52. The van der Waals surface area contributed by atoms with Gasteiger partial charge in [-0.1, -0.05) is 56.7 Å². The minimum Gasteiger partial charge on any atom is -0.491 e. The summed E-state index contributed by atoms with van der Waals surface area (Å²) >= 11 is 0. The monoisotopic (exact) mass is 690 g/mol. The Balaban J connectivity index is 1.44. The van der Waals surface area contributed by atoms with Gasteiger partial charge in [-0.15, -0.1) is 0 Å². The van der Waals surface area contributed by atoms with E-state index in [4.69, 9.17) is 9.47 Å². The molecule has 8 nitrogen and oxygen atoms in total. The van der Waals surface area contributed by atoms with Crippen molar-refractivity contribution in [2.24, 2.45) is 0 Å². The molecule has 0 radical (unpaired) electrons. The number of sulfone groups is 1. The molecule has 0 saturated carbocycles. The number of aromatic nitrogens is 2. The number of hydrogen-bond acceptors (Lipinski definition) is 7. The largest absolute Gasteiger partial charge is 0.491 e. The summed E-state index contributed by atoms with van der Waals surface area (Å²) in [6.07, 6.45) is 9.74. The minimum absolute atomic E-state index is 0.129. The van der Waals surface area contributed by atoms with Crippen LogP contribution in [0.1, 0.15) is 63.8 Å². The van der Waals surface area contributed by atoms with E-state index in [1.54, 1.807) is 62.8 Å². The number of ketones is 1. The molecule has 10 heteroatoms. The van der Waals surface area contributed by atoms with Crippen LogP contribution in [0, 0.1) is 0 Å². The molecule has 0 aliphatic carbocycles. The van der Waals surface area contributed by atoms with E-state index in [9.17, 15) is 17.4 Å². The van der Waals surface area contributed by atoms with Crippen molar-refractivity contribution in [2.75, 3.05) is 19.8 Å². The van der Waals surface area contributed by atoms with E-state index in [2.05, 4.69) is 18.8 Å². The maximum Gasteiger partial charge on any atom is 0.181 e. The van der Waals surface area contributed by atoms with E-state index >= 15 is 0 Å². The molecule has 4 rings (SSSR count). The summed E-state index contributed by atoms with van der Waals surface area (Å²) in [5.41, 5.74) is 3.86. The lowest BCUT2D eigenvalue weighted by Gasteiger charge is -2.13. The van der Waals surface area contributed by atoms with Crippen molar-refractivity contribution in [1.82, 2.24) is 9.55 Å². The van der Waals surface area contributed by atoms with Crippen LogP contribution in [-0.4, -0.2) is 53.0 Å². The first-order chi connectivity index (χ1) is 23.1. The second kappa shape index (κ2) is 18.1. The number of carbonyl (C=O) groups excluding carboxylic acids is 1. The molecule has 1 aromatic heterocycles. The van der Waals surface area contributed by atoms with Crippen LogP contribution in [0.2, 0.25) is 0 Å². The van der Waals surface area contributed by atoms with Gasteiger partial charge in [0.25, 0.3) is 0 Å². The third-order valence-corrected chi connectivity index (χ3v) is 11.4. The van der Waals surface area contributed by atoms with Crippen LogP contribution in [0.25, 0.3) is 17.2 Å². The van der Waals surface area contributed by atoms with Gasteiger partial charge in [0.05, 0.1) is 45.3 Å². The maximum atomic E-state index is 13.2. The summed E-state index contributed by atoms with van der Waals surface area (Å²) in [5, 5.41) is -0.621. The Kier molecular flexibility index (Phi) is 13.9. The zero-order valence-electron chi connectivity index (χ0n) is 28.3. The number of nitrogens with zero attached hydrogens (tertiary/aromatic N) is 2. The van der Waals surface area contributed by atoms with Crippen molar-refractivity contribution < 1.29 is 26.9 Å². The number of aryl methyl sites for hydroxylation is 1. The number of allylic oxidation sites excluding steroid dienone is 1. The molecule has 0 unspecified atom stereocenters. The highest BCUT2D eigenvalue weighted by molar-refractivity contribution is 7.92. The smallest absolute Gasteiger partial charge is 0.181 e. The summed E-state index contributed by atoms with van der Waals surface area (Å²) in [5.74, 6) is 0.918. The molecule has 48 heavy (non-hydrogen) atoms. The number of imidazole rings is 1. The van der Waals surface area contributed by atoms with Crippen LogP contribution in [0.3, 0.4) is 0 Å². The van der Waals surface area contributed by atoms with Crippen LogP contribution in [0.15, 0.2) is 95.1 Å². The molecule has 0 aliphatic rings. The number of benzene rings is 3. The Morgan fingerprint density at radius 2 is 1.67 bits per heavy atom. The molecular weight excluding hydrogens is 645 g/mol. The van der Waals surface area contributed by atoms with Gasteiger partial charge in [0.1, 0.15) is 12.4 Å². The van der Waals surface area contributed by atoms with Crippen LogP contribution >= 0.6 is 0 Å². The number of ether oxygens (including phenoxy) is 2. The van der Waals surface area contributed by atoms with Gasteiger partial charge in [0, 0.05) is 30.7 Å². The third-order valence-electron chi connectivity index (χ3n) is 7.82. The molecule has 0 fully saturated rings. The second-order valence-corrected chi connectivity index (χ2v) is 15.8. The van der Waals surface area contributed by atoms with Gasteiger partial charge >= 0.3 is 0 Å². The highest BCUT2D eigenvalue weighted by Crippen LogP contribution is 2.29. The minimum atomic E-state index is -3.61. The zero-order valence-corrected chi connectivity index (χ0v) is 29.9. The van der Waals surface area contributed by atoms with Gasteiger partial charge in [-0.2, -0.15) is 0 Å². The Bertz CT molecular complexity index is 1790.